The Morgan fingerprint density at radius 1 is 1.28 bits per heavy atom. The van der Waals surface area contributed by atoms with Crippen molar-refractivity contribution in [3.63, 3.8) is 0 Å². The van der Waals surface area contributed by atoms with E-state index in [-0.39, 0.29) is 18.1 Å². The molecule has 0 spiro atoms. The molecule has 1 aliphatic heterocycles. The first-order chi connectivity index (χ1) is 8.70. The van der Waals surface area contributed by atoms with Crippen LogP contribution in [0.4, 0.5) is 0 Å². The van der Waals surface area contributed by atoms with E-state index < -0.39 is 0 Å². The van der Waals surface area contributed by atoms with E-state index in [0.717, 1.165) is 29.6 Å². The van der Waals surface area contributed by atoms with Crippen molar-refractivity contribution in [1.29, 1.82) is 0 Å². The van der Waals surface area contributed by atoms with Gasteiger partial charge in [-0.25, -0.2) is 4.79 Å². The monoisotopic (exact) mass is 245 g/mol. The Hall–Kier alpha value is -2.04. The highest BCUT2D eigenvalue weighted by Gasteiger charge is 2.23. The first-order valence-corrected chi connectivity index (χ1v) is 6.19. The van der Waals surface area contributed by atoms with Crippen molar-refractivity contribution >= 4 is 16.9 Å². The standard InChI is InChI=1S/C13H15N3O2/c1-2-6-15-7-9-4-3-5-10-12(9)16(8-11(15)17)13(18)14-10/h3-5H,2,6-8H2,1H3,(H,14,18). The van der Waals surface area contributed by atoms with Gasteiger partial charge < -0.3 is 9.88 Å². The summed E-state index contributed by atoms with van der Waals surface area (Å²) in [5.41, 5.74) is 2.51. The fourth-order valence-corrected chi connectivity index (χ4v) is 2.58. The van der Waals surface area contributed by atoms with Gasteiger partial charge in [0.05, 0.1) is 11.0 Å². The number of nitrogens with one attached hydrogen (secondary N) is 1. The highest BCUT2D eigenvalue weighted by Crippen LogP contribution is 2.21. The molecule has 0 saturated heterocycles. The van der Waals surface area contributed by atoms with Crippen LogP contribution < -0.4 is 5.69 Å². The number of amides is 1. The molecule has 94 valence electrons. The van der Waals surface area contributed by atoms with Gasteiger partial charge in [-0.05, 0) is 18.1 Å². The lowest BCUT2D eigenvalue weighted by atomic mass is 10.1. The zero-order chi connectivity index (χ0) is 12.7. The summed E-state index contributed by atoms with van der Waals surface area (Å²) in [6.07, 6.45) is 0.924. The van der Waals surface area contributed by atoms with Gasteiger partial charge >= 0.3 is 5.69 Å². The van der Waals surface area contributed by atoms with Crippen molar-refractivity contribution in [3.8, 4) is 0 Å². The molecule has 0 fully saturated rings. The minimum atomic E-state index is -0.204. The van der Waals surface area contributed by atoms with Gasteiger partial charge in [-0.1, -0.05) is 19.1 Å². The molecule has 1 aromatic carbocycles. The maximum atomic E-state index is 12.1. The number of H-pyrrole nitrogens is 1. The van der Waals surface area contributed by atoms with E-state index in [4.69, 9.17) is 0 Å². The summed E-state index contributed by atoms with van der Waals surface area (Å²) in [5.74, 6) is 0.0102. The number of carbonyl (C=O) groups is 1. The van der Waals surface area contributed by atoms with Gasteiger partial charge in [0.15, 0.2) is 0 Å². The average Bonchev–Trinajstić information content (AvgIpc) is 2.57. The minimum absolute atomic E-state index is 0.0102. The lowest BCUT2D eigenvalue weighted by Crippen LogP contribution is -2.34. The molecule has 0 aliphatic carbocycles. The lowest BCUT2D eigenvalue weighted by molar-refractivity contribution is -0.132. The number of hydrogen-bond acceptors (Lipinski definition) is 2. The number of aromatic amines is 1. The Bertz CT molecular complexity index is 668. The van der Waals surface area contributed by atoms with Gasteiger partial charge in [0, 0.05) is 13.1 Å². The molecule has 5 nitrogen and oxygen atoms in total. The van der Waals surface area contributed by atoms with E-state index in [9.17, 15) is 9.59 Å². The third-order valence-corrected chi connectivity index (χ3v) is 3.38. The van der Waals surface area contributed by atoms with Gasteiger partial charge in [0.2, 0.25) is 5.91 Å². The maximum absolute atomic E-state index is 12.1. The molecule has 0 unspecified atom stereocenters. The molecular formula is C13H15N3O2. The number of aromatic nitrogens is 2. The Labute approximate surface area is 104 Å². The smallest absolute Gasteiger partial charge is 0.326 e. The molecule has 3 rings (SSSR count). The highest BCUT2D eigenvalue weighted by atomic mass is 16.2. The quantitative estimate of drug-likeness (QED) is 0.860. The maximum Gasteiger partial charge on any atom is 0.326 e. The summed E-state index contributed by atoms with van der Waals surface area (Å²) >= 11 is 0. The predicted octanol–water partition coefficient (Wildman–Crippen LogP) is 1.08. The molecule has 5 heteroatoms. The summed E-state index contributed by atoms with van der Waals surface area (Å²) in [7, 11) is 0. The molecule has 0 atom stereocenters. The number of nitrogens with zero attached hydrogens (tertiary/aromatic N) is 2. The second kappa shape index (κ2) is 4.01. The number of carbonyl (C=O) groups excluding carboxylic acids is 1. The van der Waals surface area contributed by atoms with Crippen molar-refractivity contribution in [3.05, 3.63) is 34.2 Å². The third-order valence-electron chi connectivity index (χ3n) is 3.38. The average molecular weight is 245 g/mol. The van der Waals surface area contributed by atoms with E-state index in [1.165, 1.54) is 0 Å². The largest absolute Gasteiger partial charge is 0.337 e. The van der Waals surface area contributed by atoms with Crippen LogP contribution in [0.1, 0.15) is 18.9 Å². The molecule has 1 amide bonds. The number of rotatable bonds is 2. The lowest BCUT2D eigenvalue weighted by Gasteiger charge is -2.19. The van der Waals surface area contributed by atoms with Crippen LogP contribution in [-0.2, 0) is 17.9 Å². The summed E-state index contributed by atoms with van der Waals surface area (Å²) < 4.78 is 1.54. The molecule has 1 N–H and O–H groups in total. The van der Waals surface area contributed by atoms with Crippen LogP contribution in [0.25, 0.3) is 11.0 Å². The highest BCUT2D eigenvalue weighted by molar-refractivity contribution is 5.85. The van der Waals surface area contributed by atoms with Crippen molar-refractivity contribution in [2.24, 2.45) is 0 Å². The van der Waals surface area contributed by atoms with Crippen molar-refractivity contribution < 1.29 is 4.79 Å². The van der Waals surface area contributed by atoms with E-state index in [1.54, 1.807) is 4.57 Å². The zero-order valence-electron chi connectivity index (χ0n) is 10.3. The van der Waals surface area contributed by atoms with Crippen LogP contribution in [0, 0.1) is 0 Å². The van der Waals surface area contributed by atoms with Crippen LogP contribution in [0.5, 0.6) is 0 Å². The summed E-state index contributed by atoms with van der Waals surface area (Å²) in [5, 5.41) is 0. The van der Waals surface area contributed by atoms with E-state index >= 15 is 0 Å². The molecule has 2 aromatic rings. The fourth-order valence-electron chi connectivity index (χ4n) is 2.58. The van der Waals surface area contributed by atoms with Crippen molar-refractivity contribution in [2.45, 2.75) is 26.4 Å². The molecule has 0 saturated carbocycles. The second-order valence-electron chi connectivity index (χ2n) is 4.64. The van der Waals surface area contributed by atoms with Crippen molar-refractivity contribution in [2.75, 3.05) is 6.54 Å². The van der Waals surface area contributed by atoms with Gasteiger partial charge in [-0.3, -0.25) is 9.36 Å². The second-order valence-corrected chi connectivity index (χ2v) is 4.64. The van der Waals surface area contributed by atoms with Crippen LogP contribution in [0.15, 0.2) is 23.0 Å². The molecule has 1 aliphatic rings. The SMILES string of the molecule is CCCN1Cc2cccc3[nH]c(=O)n(c23)CC1=O. The first kappa shape index (κ1) is 11.1. The third kappa shape index (κ3) is 1.54. The van der Waals surface area contributed by atoms with Gasteiger partial charge in [-0.2, -0.15) is 0 Å². The number of benzene rings is 1. The van der Waals surface area contributed by atoms with Crippen LogP contribution in [0.3, 0.4) is 0 Å². The van der Waals surface area contributed by atoms with Crippen LogP contribution >= 0.6 is 0 Å². The Morgan fingerprint density at radius 2 is 2.11 bits per heavy atom. The van der Waals surface area contributed by atoms with Crippen LogP contribution in [0.2, 0.25) is 0 Å². The normalized spacial score (nSPS) is 15.2. The van der Waals surface area contributed by atoms with Crippen LogP contribution in [-0.4, -0.2) is 26.9 Å². The fraction of sp³-hybridized carbons (Fsp3) is 0.385. The number of para-hydroxylation sites is 1. The molecule has 0 bridgehead atoms. The Balaban J connectivity index is 2.20. The Kier molecular flexibility index (Phi) is 2.47. The van der Waals surface area contributed by atoms with E-state index in [2.05, 4.69) is 4.98 Å². The summed E-state index contributed by atoms with van der Waals surface area (Å²) in [4.78, 5) is 28.6. The summed E-state index contributed by atoms with van der Waals surface area (Å²) in [6.45, 7) is 3.50. The predicted molar refractivity (Wildman–Crippen MR) is 68.3 cm³/mol. The first-order valence-electron chi connectivity index (χ1n) is 6.19. The molecule has 2 heterocycles. The molecule has 1 aromatic heterocycles. The molecule has 0 radical (unpaired) electrons. The Morgan fingerprint density at radius 3 is 2.89 bits per heavy atom. The number of imidazole rings is 1. The van der Waals surface area contributed by atoms with Gasteiger partial charge in [0.1, 0.15) is 6.54 Å². The van der Waals surface area contributed by atoms with Crippen molar-refractivity contribution in [1.82, 2.24) is 14.5 Å². The zero-order valence-corrected chi connectivity index (χ0v) is 10.3. The topological polar surface area (TPSA) is 58.1 Å². The van der Waals surface area contributed by atoms with E-state index in [0.29, 0.717) is 6.54 Å². The summed E-state index contributed by atoms with van der Waals surface area (Å²) in [6, 6.07) is 5.77. The number of hydrogen-bond donors (Lipinski definition) is 1. The van der Waals surface area contributed by atoms with Gasteiger partial charge in [-0.15, -0.1) is 0 Å². The minimum Gasteiger partial charge on any atom is -0.337 e. The van der Waals surface area contributed by atoms with E-state index in [1.807, 2.05) is 30.0 Å². The molecule has 18 heavy (non-hydrogen) atoms. The van der Waals surface area contributed by atoms with Gasteiger partial charge in [0.25, 0.3) is 0 Å². The molecular weight excluding hydrogens is 230 g/mol.